The number of amides is 1. The van der Waals surface area contributed by atoms with Gasteiger partial charge in [0, 0.05) is 12.1 Å². The van der Waals surface area contributed by atoms with Crippen molar-refractivity contribution in [3.8, 4) is 5.75 Å². The smallest absolute Gasteiger partial charge is 0.295 e. The molecule has 0 bridgehead atoms. The molecule has 1 N–H and O–H groups in total. The van der Waals surface area contributed by atoms with Crippen LogP contribution in [0.25, 0.3) is 5.76 Å². The molecule has 1 atom stereocenters. The summed E-state index contributed by atoms with van der Waals surface area (Å²) in [6.45, 7) is 11.3. The van der Waals surface area contributed by atoms with E-state index >= 15 is 0 Å². The maximum absolute atomic E-state index is 13.3. The molecule has 1 unspecified atom stereocenters. The molecule has 3 rings (SSSR count). The van der Waals surface area contributed by atoms with Crippen LogP contribution in [-0.4, -0.2) is 60.4 Å². The Morgan fingerprint density at radius 2 is 1.86 bits per heavy atom. The fourth-order valence-corrected chi connectivity index (χ4v) is 4.37. The topological polar surface area (TPSA) is 70.1 Å². The van der Waals surface area contributed by atoms with E-state index in [2.05, 4.69) is 20.4 Å². The quantitative estimate of drug-likeness (QED) is 0.225. The highest BCUT2D eigenvalue weighted by Crippen LogP contribution is 2.40. The number of ether oxygens (including phenoxy) is 1. The summed E-state index contributed by atoms with van der Waals surface area (Å²) in [7, 11) is 3.95. The third-order valence-corrected chi connectivity index (χ3v) is 6.28. The van der Waals surface area contributed by atoms with Gasteiger partial charge in [0.15, 0.2) is 0 Å². The van der Waals surface area contributed by atoms with Gasteiger partial charge in [-0.05, 0) is 74.8 Å². The lowest BCUT2D eigenvalue weighted by Crippen LogP contribution is -2.32. The van der Waals surface area contributed by atoms with Crippen LogP contribution in [0.15, 0.2) is 60.7 Å². The number of Topliss-reactive ketones (excluding diaryl/α,β-unsaturated/α-hetero) is 1. The first-order valence-corrected chi connectivity index (χ1v) is 12.0. The van der Waals surface area contributed by atoms with Crippen molar-refractivity contribution in [1.29, 1.82) is 0 Å². The Hall–Kier alpha value is -3.38. The molecule has 0 aliphatic carbocycles. The number of aryl methyl sites for hydroxylation is 1. The van der Waals surface area contributed by atoms with E-state index in [1.54, 1.807) is 29.2 Å². The van der Waals surface area contributed by atoms with E-state index in [4.69, 9.17) is 4.74 Å². The summed E-state index contributed by atoms with van der Waals surface area (Å²) in [4.78, 5) is 30.0. The Morgan fingerprint density at radius 1 is 1.17 bits per heavy atom. The van der Waals surface area contributed by atoms with Crippen molar-refractivity contribution in [2.45, 2.75) is 39.2 Å². The molecule has 186 valence electrons. The summed E-state index contributed by atoms with van der Waals surface area (Å²) in [6.07, 6.45) is 2.38. The van der Waals surface area contributed by atoms with Crippen LogP contribution >= 0.6 is 0 Å². The van der Waals surface area contributed by atoms with Gasteiger partial charge in [-0.25, -0.2) is 0 Å². The average Bonchev–Trinajstić information content (AvgIpc) is 3.07. The lowest BCUT2D eigenvalue weighted by atomic mass is 9.92. The van der Waals surface area contributed by atoms with Gasteiger partial charge in [0.2, 0.25) is 0 Å². The largest absolute Gasteiger partial charge is 0.507 e. The first-order valence-electron chi connectivity index (χ1n) is 12.0. The van der Waals surface area contributed by atoms with E-state index in [1.165, 1.54) is 5.56 Å². The second-order valence-corrected chi connectivity index (χ2v) is 9.55. The number of carbonyl (C=O) groups is 2. The summed E-state index contributed by atoms with van der Waals surface area (Å²) in [5.74, 6) is -0.392. The van der Waals surface area contributed by atoms with E-state index < -0.39 is 17.7 Å². The van der Waals surface area contributed by atoms with Gasteiger partial charge in [-0.2, -0.15) is 0 Å². The molecular formula is C29H36N2O4. The number of benzene rings is 2. The summed E-state index contributed by atoms with van der Waals surface area (Å²) in [6, 6.07) is 12.6. The number of aliphatic hydroxyl groups excluding tert-OH is 1. The SMILES string of the molecule is C=CCOc1ccc(C(O)=C2C(=O)C(=O)N(CCCN(C)C)C2c2ccc(C(C)C)cc2)c(C)c1. The first-order chi connectivity index (χ1) is 16.6. The van der Waals surface area contributed by atoms with Crippen LogP contribution in [-0.2, 0) is 9.59 Å². The minimum Gasteiger partial charge on any atom is -0.507 e. The minimum atomic E-state index is -0.656. The Bertz CT molecular complexity index is 1120. The second kappa shape index (κ2) is 11.4. The first kappa shape index (κ1) is 26.2. The average molecular weight is 477 g/mol. The highest BCUT2D eigenvalue weighted by molar-refractivity contribution is 6.46. The normalized spacial score (nSPS) is 17.5. The molecule has 1 aliphatic heterocycles. The number of nitrogens with zero attached hydrogens (tertiary/aromatic N) is 2. The van der Waals surface area contributed by atoms with Crippen molar-refractivity contribution in [2.75, 3.05) is 33.8 Å². The predicted octanol–water partition coefficient (Wildman–Crippen LogP) is 5.06. The number of rotatable bonds is 10. The van der Waals surface area contributed by atoms with E-state index in [-0.39, 0.29) is 11.3 Å². The van der Waals surface area contributed by atoms with Gasteiger partial charge in [0.05, 0.1) is 11.6 Å². The molecule has 2 aromatic carbocycles. The van der Waals surface area contributed by atoms with Crippen molar-refractivity contribution >= 4 is 17.4 Å². The summed E-state index contributed by atoms with van der Waals surface area (Å²) in [5, 5.41) is 11.4. The molecule has 1 heterocycles. The van der Waals surface area contributed by atoms with Gasteiger partial charge >= 0.3 is 0 Å². The number of carbonyl (C=O) groups excluding carboxylic acids is 2. The zero-order chi connectivity index (χ0) is 25.7. The lowest BCUT2D eigenvalue weighted by Gasteiger charge is -2.26. The Balaban J connectivity index is 2.08. The summed E-state index contributed by atoms with van der Waals surface area (Å²) >= 11 is 0. The molecule has 2 aromatic rings. The van der Waals surface area contributed by atoms with Crippen LogP contribution in [0.3, 0.4) is 0 Å². The van der Waals surface area contributed by atoms with Gasteiger partial charge in [0.25, 0.3) is 11.7 Å². The lowest BCUT2D eigenvalue weighted by molar-refractivity contribution is -0.139. The third-order valence-electron chi connectivity index (χ3n) is 6.28. The molecule has 1 saturated heterocycles. The van der Waals surface area contributed by atoms with Crippen LogP contribution < -0.4 is 4.74 Å². The molecule has 6 nitrogen and oxygen atoms in total. The van der Waals surface area contributed by atoms with Gasteiger partial charge in [0.1, 0.15) is 18.1 Å². The van der Waals surface area contributed by atoms with Gasteiger partial charge in [-0.3, -0.25) is 9.59 Å². The molecule has 0 spiro atoms. The maximum atomic E-state index is 13.3. The molecule has 35 heavy (non-hydrogen) atoms. The number of aliphatic hydroxyl groups is 1. The van der Waals surface area contributed by atoms with Crippen LogP contribution in [0.4, 0.5) is 0 Å². The molecule has 6 heteroatoms. The van der Waals surface area contributed by atoms with Crippen molar-refractivity contribution in [2.24, 2.45) is 0 Å². The fourth-order valence-electron chi connectivity index (χ4n) is 4.37. The van der Waals surface area contributed by atoms with Crippen LogP contribution in [0.5, 0.6) is 5.75 Å². The van der Waals surface area contributed by atoms with Crippen LogP contribution in [0.1, 0.15) is 54.5 Å². The van der Waals surface area contributed by atoms with Gasteiger partial charge < -0.3 is 19.6 Å². The highest BCUT2D eigenvalue weighted by atomic mass is 16.5. The number of hydrogen-bond donors (Lipinski definition) is 1. The van der Waals surface area contributed by atoms with Crippen molar-refractivity contribution < 1.29 is 19.4 Å². The Labute approximate surface area is 208 Å². The minimum absolute atomic E-state index is 0.125. The van der Waals surface area contributed by atoms with Crippen molar-refractivity contribution in [3.63, 3.8) is 0 Å². The summed E-state index contributed by atoms with van der Waals surface area (Å²) < 4.78 is 5.59. The van der Waals surface area contributed by atoms with Gasteiger partial charge in [-0.15, -0.1) is 0 Å². The predicted molar refractivity (Wildman–Crippen MR) is 140 cm³/mol. The van der Waals surface area contributed by atoms with E-state index in [0.717, 1.165) is 24.1 Å². The molecule has 1 amide bonds. The Kier molecular flexibility index (Phi) is 8.52. The van der Waals surface area contributed by atoms with E-state index in [9.17, 15) is 14.7 Å². The summed E-state index contributed by atoms with van der Waals surface area (Å²) in [5.41, 5.74) is 3.36. The molecular weight excluding hydrogens is 440 g/mol. The second-order valence-electron chi connectivity index (χ2n) is 9.55. The number of ketones is 1. The zero-order valence-electron chi connectivity index (χ0n) is 21.4. The zero-order valence-corrected chi connectivity index (χ0v) is 21.4. The fraction of sp³-hybridized carbons (Fsp3) is 0.379. The van der Waals surface area contributed by atoms with Crippen molar-refractivity contribution in [1.82, 2.24) is 9.80 Å². The highest BCUT2D eigenvalue weighted by Gasteiger charge is 2.45. The van der Waals surface area contributed by atoms with Crippen molar-refractivity contribution in [3.05, 3.63) is 82.9 Å². The molecule has 0 radical (unpaired) electrons. The molecule has 1 aliphatic rings. The number of hydrogen-bond acceptors (Lipinski definition) is 5. The number of likely N-dealkylation sites (tertiary alicyclic amines) is 1. The Morgan fingerprint density at radius 3 is 2.43 bits per heavy atom. The van der Waals surface area contributed by atoms with E-state index in [1.807, 2.05) is 50.2 Å². The van der Waals surface area contributed by atoms with E-state index in [0.29, 0.717) is 30.4 Å². The molecule has 1 fully saturated rings. The monoisotopic (exact) mass is 476 g/mol. The van der Waals surface area contributed by atoms with Gasteiger partial charge in [-0.1, -0.05) is 50.8 Å². The standard InChI is InChI=1S/C29H36N2O4/c1-7-17-35-23-13-14-24(20(4)18-23)27(32)25-26(22-11-9-21(10-12-22)19(2)3)31(29(34)28(25)33)16-8-15-30(5)6/h7,9-14,18-19,26,32H,1,8,15-17H2,2-6H3. The van der Waals surface area contributed by atoms with Crippen LogP contribution in [0, 0.1) is 6.92 Å². The molecule has 0 aromatic heterocycles. The molecule has 0 saturated carbocycles. The maximum Gasteiger partial charge on any atom is 0.295 e. The third kappa shape index (κ3) is 5.82. The van der Waals surface area contributed by atoms with Crippen LogP contribution in [0.2, 0.25) is 0 Å².